The summed E-state index contributed by atoms with van der Waals surface area (Å²) in [6, 6.07) is -0.916. The molecule has 0 saturated heterocycles. The smallest absolute Gasteiger partial charge is 0.328 e. The van der Waals surface area contributed by atoms with Crippen LogP contribution in [0.4, 0.5) is 0 Å². The predicted molar refractivity (Wildman–Crippen MR) is 62.9 cm³/mol. The molecule has 0 bridgehead atoms. The van der Waals surface area contributed by atoms with Crippen LogP contribution in [0, 0.1) is 0 Å². The van der Waals surface area contributed by atoms with E-state index in [-0.39, 0.29) is 11.9 Å². The van der Waals surface area contributed by atoms with Gasteiger partial charge in [-0.3, -0.25) is 4.79 Å². The maximum atomic E-state index is 11.2. The summed E-state index contributed by atoms with van der Waals surface area (Å²) in [7, 11) is 2.96. The molecular formula is C8H16N2O3S2. The Labute approximate surface area is 99.6 Å². The SMILES string of the molecule is CN[C@@H](C)C(=O)N[C@H](C)C(=O)OC.S=S. The number of esters is 1. The van der Waals surface area contributed by atoms with Gasteiger partial charge in [0.2, 0.25) is 5.91 Å². The third-order valence-electron chi connectivity index (χ3n) is 1.74. The molecule has 0 heterocycles. The highest BCUT2D eigenvalue weighted by atomic mass is 32.8. The number of methoxy groups -OCH3 is 1. The fraction of sp³-hybridized carbons (Fsp3) is 0.750. The lowest BCUT2D eigenvalue weighted by Gasteiger charge is -2.14. The van der Waals surface area contributed by atoms with E-state index in [0.717, 1.165) is 0 Å². The average molecular weight is 252 g/mol. The van der Waals surface area contributed by atoms with E-state index in [1.165, 1.54) is 7.11 Å². The maximum absolute atomic E-state index is 11.2. The molecule has 2 N–H and O–H groups in total. The van der Waals surface area contributed by atoms with Crippen molar-refractivity contribution in [2.24, 2.45) is 0 Å². The summed E-state index contributed by atoms with van der Waals surface area (Å²) in [5.41, 5.74) is 0. The molecule has 0 unspecified atom stereocenters. The molecule has 15 heavy (non-hydrogen) atoms. The quantitative estimate of drug-likeness (QED) is 0.643. The first-order chi connectivity index (χ1) is 7.02. The molecule has 0 aliphatic carbocycles. The lowest BCUT2D eigenvalue weighted by atomic mass is 10.2. The van der Waals surface area contributed by atoms with E-state index in [4.69, 9.17) is 0 Å². The molecule has 0 fully saturated rings. The number of rotatable bonds is 4. The van der Waals surface area contributed by atoms with Crippen molar-refractivity contribution in [3.05, 3.63) is 0 Å². The molecule has 0 aromatic rings. The summed E-state index contributed by atoms with van der Waals surface area (Å²) in [6.45, 7) is 3.28. The summed E-state index contributed by atoms with van der Waals surface area (Å²) in [4.78, 5) is 22.1. The Morgan fingerprint density at radius 1 is 1.20 bits per heavy atom. The van der Waals surface area contributed by atoms with Gasteiger partial charge in [0.15, 0.2) is 0 Å². The van der Waals surface area contributed by atoms with Crippen molar-refractivity contribution < 1.29 is 14.3 Å². The molecule has 0 aliphatic rings. The molecule has 88 valence electrons. The molecule has 7 heteroatoms. The number of ether oxygens (including phenoxy) is 1. The second-order valence-electron chi connectivity index (χ2n) is 2.76. The Hall–Kier alpha value is -0.660. The van der Waals surface area contributed by atoms with Crippen LogP contribution in [0.2, 0.25) is 0 Å². The molecule has 0 aromatic carbocycles. The van der Waals surface area contributed by atoms with Gasteiger partial charge in [-0.25, -0.2) is 4.79 Å². The minimum absolute atomic E-state index is 0.222. The van der Waals surface area contributed by atoms with Crippen molar-refractivity contribution in [1.82, 2.24) is 10.6 Å². The third kappa shape index (κ3) is 7.29. The predicted octanol–water partition coefficient (Wildman–Crippen LogP) is -0.733. The standard InChI is InChI=1S/C8H16N2O3.S2/c1-5(9-3)7(11)10-6(2)8(12)13-4;1-2/h5-6,9H,1-4H3,(H,10,11);/t5-,6+;/m0./s1. The van der Waals surface area contributed by atoms with Gasteiger partial charge in [-0.05, 0) is 20.9 Å². The Morgan fingerprint density at radius 3 is 2.00 bits per heavy atom. The summed E-state index contributed by atoms with van der Waals surface area (Å²) in [5, 5.41) is 5.27. The first-order valence-electron chi connectivity index (χ1n) is 4.25. The van der Waals surface area contributed by atoms with Gasteiger partial charge in [0.1, 0.15) is 6.04 Å². The zero-order valence-electron chi connectivity index (χ0n) is 9.20. The first-order valence-corrected chi connectivity index (χ1v) is 5.58. The molecule has 0 radical (unpaired) electrons. The van der Waals surface area contributed by atoms with Gasteiger partial charge in [-0.2, -0.15) is 0 Å². The molecule has 1 amide bonds. The van der Waals surface area contributed by atoms with Crippen LogP contribution >= 0.6 is 0 Å². The Bertz CT molecular complexity index is 214. The Morgan fingerprint density at radius 2 is 1.67 bits per heavy atom. The van der Waals surface area contributed by atoms with Crippen molar-refractivity contribution in [3.63, 3.8) is 0 Å². The molecule has 0 aliphatic heterocycles. The highest BCUT2D eigenvalue weighted by Gasteiger charge is 2.18. The van der Waals surface area contributed by atoms with Crippen molar-refractivity contribution in [2.75, 3.05) is 14.2 Å². The van der Waals surface area contributed by atoms with Gasteiger partial charge in [-0.15, -0.1) is 0 Å². The van der Waals surface area contributed by atoms with E-state index in [2.05, 4.69) is 37.7 Å². The molecule has 0 aromatic heterocycles. The van der Waals surface area contributed by atoms with E-state index >= 15 is 0 Å². The second kappa shape index (κ2) is 9.88. The number of nitrogens with one attached hydrogen (secondary N) is 2. The molecular weight excluding hydrogens is 236 g/mol. The Kier molecular flexibility index (Phi) is 11.0. The minimum Gasteiger partial charge on any atom is -0.467 e. The molecule has 0 spiro atoms. The topological polar surface area (TPSA) is 67.4 Å². The number of carbonyl (C=O) groups is 2. The van der Waals surface area contributed by atoms with Crippen molar-refractivity contribution >= 4 is 34.3 Å². The average Bonchev–Trinajstić information content (AvgIpc) is 2.29. The molecule has 0 rings (SSSR count). The fourth-order valence-corrected chi connectivity index (χ4v) is 0.705. The maximum Gasteiger partial charge on any atom is 0.328 e. The van der Waals surface area contributed by atoms with Crippen LogP contribution in [0.15, 0.2) is 0 Å². The van der Waals surface area contributed by atoms with Crippen molar-refractivity contribution in [3.8, 4) is 0 Å². The normalized spacial score (nSPS) is 12.8. The van der Waals surface area contributed by atoms with Crippen LogP contribution in [-0.2, 0) is 36.7 Å². The molecule has 0 saturated carbocycles. The van der Waals surface area contributed by atoms with Crippen molar-refractivity contribution in [1.29, 1.82) is 0 Å². The highest BCUT2D eigenvalue weighted by Crippen LogP contribution is 1.88. The molecule has 5 nitrogen and oxygen atoms in total. The number of carbonyl (C=O) groups excluding carboxylic acids is 2. The summed E-state index contributed by atoms with van der Waals surface area (Å²) in [5.74, 6) is -0.669. The highest BCUT2D eigenvalue weighted by molar-refractivity contribution is 8.07. The van der Waals surface area contributed by atoms with Gasteiger partial charge >= 0.3 is 5.97 Å². The molecule has 2 atom stereocenters. The first kappa shape index (κ1) is 16.8. The van der Waals surface area contributed by atoms with E-state index in [0.29, 0.717) is 0 Å². The van der Waals surface area contributed by atoms with Gasteiger partial charge in [-0.1, -0.05) is 0 Å². The van der Waals surface area contributed by atoms with Crippen molar-refractivity contribution in [2.45, 2.75) is 25.9 Å². The number of hydrogen-bond acceptors (Lipinski definition) is 6. The Balaban J connectivity index is 0. The van der Waals surface area contributed by atoms with E-state index in [9.17, 15) is 9.59 Å². The van der Waals surface area contributed by atoms with Gasteiger partial charge < -0.3 is 15.4 Å². The fourth-order valence-electron chi connectivity index (χ4n) is 0.705. The largest absolute Gasteiger partial charge is 0.467 e. The zero-order valence-corrected chi connectivity index (χ0v) is 10.8. The monoisotopic (exact) mass is 252 g/mol. The van der Waals surface area contributed by atoms with Crippen LogP contribution < -0.4 is 10.6 Å². The van der Waals surface area contributed by atoms with Crippen LogP contribution in [0.1, 0.15) is 13.8 Å². The third-order valence-corrected chi connectivity index (χ3v) is 1.74. The second-order valence-corrected chi connectivity index (χ2v) is 2.76. The van der Waals surface area contributed by atoms with E-state index < -0.39 is 12.0 Å². The minimum atomic E-state index is -0.603. The number of likely N-dealkylation sites (N-methyl/N-ethyl adjacent to an activating group) is 1. The van der Waals surface area contributed by atoms with E-state index in [1.54, 1.807) is 20.9 Å². The number of hydrogen-bond donors (Lipinski definition) is 2. The lowest BCUT2D eigenvalue weighted by molar-refractivity contribution is -0.144. The summed E-state index contributed by atoms with van der Waals surface area (Å²) >= 11 is 7.33. The van der Waals surface area contributed by atoms with Gasteiger partial charge in [0.25, 0.3) is 0 Å². The van der Waals surface area contributed by atoms with Gasteiger partial charge in [0, 0.05) is 22.4 Å². The van der Waals surface area contributed by atoms with Crippen LogP contribution in [0.3, 0.4) is 0 Å². The van der Waals surface area contributed by atoms with E-state index in [1.807, 2.05) is 0 Å². The number of amides is 1. The zero-order chi connectivity index (χ0) is 12.4. The van der Waals surface area contributed by atoms with Crippen LogP contribution in [0.5, 0.6) is 0 Å². The lowest BCUT2D eigenvalue weighted by Crippen LogP contribution is -2.47. The van der Waals surface area contributed by atoms with Crippen LogP contribution in [0.25, 0.3) is 0 Å². The summed E-state index contributed by atoms with van der Waals surface area (Å²) < 4.78 is 4.45. The summed E-state index contributed by atoms with van der Waals surface area (Å²) in [6.07, 6.45) is 0. The van der Waals surface area contributed by atoms with Gasteiger partial charge in [0.05, 0.1) is 13.2 Å². The van der Waals surface area contributed by atoms with Crippen LogP contribution in [-0.4, -0.2) is 38.1 Å².